The highest BCUT2D eigenvalue weighted by Gasteiger charge is 2.14. The summed E-state index contributed by atoms with van der Waals surface area (Å²) in [5.41, 5.74) is 3.68. The van der Waals surface area contributed by atoms with Crippen molar-refractivity contribution in [3.05, 3.63) is 47.3 Å². The standard InChI is InChI=1S/C21H33N5O/c1-16(2)20-18(15-26(5)24-20)14-25(4)21(22-3)23-12-8-10-17-9-7-11-19(13-17)27-6/h7,9,11,13,15-16H,8,10,12,14H2,1-6H3,(H,22,23). The van der Waals surface area contributed by atoms with E-state index in [-0.39, 0.29) is 0 Å². The molecule has 0 fully saturated rings. The van der Waals surface area contributed by atoms with Crippen LogP contribution in [0.5, 0.6) is 5.75 Å². The third kappa shape index (κ3) is 6.01. The van der Waals surface area contributed by atoms with Crippen LogP contribution in [0.1, 0.15) is 43.0 Å². The first-order valence-corrected chi connectivity index (χ1v) is 9.51. The fourth-order valence-corrected chi connectivity index (χ4v) is 3.20. The van der Waals surface area contributed by atoms with Crippen LogP contribution in [0.4, 0.5) is 0 Å². The number of aliphatic imine (C=N–C) groups is 1. The summed E-state index contributed by atoms with van der Waals surface area (Å²) in [4.78, 5) is 6.57. The molecule has 27 heavy (non-hydrogen) atoms. The van der Waals surface area contributed by atoms with Crippen molar-refractivity contribution in [2.75, 3.05) is 27.7 Å². The zero-order chi connectivity index (χ0) is 19.8. The molecule has 0 bridgehead atoms. The summed E-state index contributed by atoms with van der Waals surface area (Å²) in [5.74, 6) is 2.22. The maximum Gasteiger partial charge on any atom is 0.193 e. The Balaban J connectivity index is 1.86. The van der Waals surface area contributed by atoms with Gasteiger partial charge in [-0.1, -0.05) is 26.0 Å². The second-order valence-electron chi connectivity index (χ2n) is 7.15. The van der Waals surface area contributed by atoms with Gasteiger partial charge < -0.3 is 15.0 Å². The molecule has 148 valence electrons. The van der Waals surface area contributed by atoms with Crippen molar-refractivity contribution in [2.24, 2.45) is 12.0 Å². The van der Waals surface area contributed by atoms with Gasteiger partial charge in [-0.05, 0) is 36.5 Å². The second-order valence-corrected chi connectivity index (χ2v) is 7.15. The van der Waals surface area contributed by atoms with Crippen LogP contribution in [0.25, 0.3) is 0 Å². The number of aromatic nitrogens is 2. The third-order valence-electron chi connectivity index (χ3n) is 4.52. The first-order chi connectivity index (χ1) is 12.9. The molecular formula is C21H33N5O. The highest BCUT2D eigenvalue weighted by atomic mass is 16.5. The summed E-state index contributed by atoms with van der Waals surface area (Å²) in [7, 11) is 7.57. The van der Waals surface area contributed by atoms with Crippen molar-refractivity contribution >= 4 is 5.96 Å². The van der Waals surface area contributed by atoms with Gasteiger partial charge in [0.2, 0.25) is 0 Å². The fraction of sp³-hybridized carbons (Fsp3) is 0.524. The molecule has 0 unspecified atom stereocenters. The van der Waals surface area contributed by atoms with Crippen molar-refractivity contribution in [1.29, 1.82) is 0 Å². The molecule has 0 aliphatic carbocycles. The van der Waals surface area contributed by atoms with E-state index in [4.69, 9.17) is 4.74 Å². The second kappa shape index (κ2) is 10.00. The molecule has 0 spiro atoms. The highest BCUT2D eigenvalue weighted by Crippen LogP contribution is 2.18. The Bertz CT molecular complexity index is 751. The van der Waals surface area contributed by atoms with Gasteiger partial charge >= 0.3 is 0 Å². The van der Waals surface area contributed by atoms with Crippen LogP contribution in [0, 0.1) is 0 Å². The largest absolute Gasteiger partial charge is 0.497 e. The molecule has 0 saturated heterocycles. The Hall–Kier alpha value is -2.50. The topological polar surface area (TPSA) is 54.7 Å². The van der Waals surface area contributed by atoms with E-state index >= 15 is 0 Å². The minimum atomic E-state index is 0.410. The summed E-state index contributed by atoms with van der Waals surface area (Å²) < 4.78 is 7.18. The number of methoxy groups -OCH3 is 1. The average Bonchev–Trinajstić information content (AvgIpc) is 3.02. The lowest BCUT2D eigenvalue weighted by Gasteiger charge is -2.22. The minimum absolute atomic E-state index is 0.410. The molecule has 0 atom stereocenters. The number of aryl methyl sites for hydroxylation is 2. The third-order valence-corrected chi connectivity index (χ3v) is 4.52. The zero-order valence-corrected chi connectivity index (χ0v) is 17.5. The molecule has 1 N–H and O–H groups in total. The first kappa shape index (κ1) is 20.8. The van der Waals surface area contributed by atoms with Gasteiger partial charge in [0.1, 0.15) is 5.75 Å². The van der Waals surface area contributed by atoms with Crippen molar-refractivity contribution in [3.63, 3.8) is 0 Å². The molecule has 6 heteroatoms. The summed E-state index contributed by atoms with van der Waals surface area (Å²) in [6.07, 6.45) is 4.14. The Labute approximate surface area is 163 Å². The van der Waals surface area contributed by atoms with Crippen LogP contribution in [-0.4, -0.2) is 48.4 Å². The maximum absolute atomic E-state index is 5.28. The van der Waals surface area contributed by atoms with Crippen LogP contribution >= 0.6 is 0 Å². The van der Waals surface area contributed by atoms with Gasteiger partial charge in [-0.2, -0.15) is 5.10 Å². The number of ether oxygens (including phenoxy) is 1. The molecule has 1 aromatic heterocycles. The minimum Gasteiger partial charge on any atom is -0.497 e. The fourth-order valence-electron chi connectivity index (χ4n) is 3.20. The molecule has 1 heterocycles. The quantitative estimate of drug-likeness (QED) is 0.440. The summed E-state index contributed by atoms with van der Waals surface area (Å²) in [5, 5.41) is 8.05. The average molecular weight is 372 g/mol. The van der Waals surface area contributed by atoms with E-state index in [2.05, 4.69) is 59.5 Å². The Morgan fingerprint density at radius 2 is 2.15 bits per heavy atom. The SMILES string of the molecule is CN=C(NCCCc1cccc(OC)c1)N(C)Cc1cn(C)nc1C(C)C. The van der Waals surface area contributed by atoms with Crippen LogP contribution in [0.3, 0.4) is 0 Å². The van der Waals surface area contributed by atoms with Gasteiger partial charge in [-0.3, -0.25) is 9.67 Å². The smallest absolute Gasteiger partial charge is 0.193 e. The molecule has 0 amide bonds. The Morgan fingerprint density at radius 3 is 2.81 bits per heavy atom. The first-order valence-electron chi connectivity index (χ1n) is 9.51. The molecule has 0 saturated carbocycles. The van der Waals surface area contributed by atoms with Crippen LogP contribution in [0.2, 0.25) is 0 Å². The normalized spacial score (nSPS) is 11.7. The van der Waals surface area contributed by atoms with Gasteiger partial charge in [-0.15, -0.1) is 0 Å². The molecule has 2 rings (SSSR count). The van der Waals surface area contributed by atoms with E-state index in [0.29, 0.717) is 5.92 Å². The molecule has 6 nitrogen and oxygen atoms in total. The molecule has 1 aromatic carbocycles. The number of rotatable bonds is 8. The number of nitrogens with zero attached hydrogens (tertiary/aromatic N) is 4. The van der Waals surface area contributed by atoms with Gasteiger partial charge in [0, 0.05) is 46.0 Å². The predicted octanol–water partition coefficient (Wildman–Crippen LogP) is 3.19. The van der Waals surface area contributed by atoms with Crippen LogP contribution in [0.15, 0.2) is 35.5 Å². The highest BCUT2D eigenvalue weighted by molar-refractivity contribution is 5.79. The van der Waals surface area contributed by atoms with E-state index in [0.717, 1.165) is 43.3 Å². The molecule has 0 aliphatic rings. The number of benzene rings is 1. The molecule has 0 radical (unpaired) electrons. The Kier molecular flexibility index (Phi) is 7.70. The number of hydrogen-bond acceptors (Lipinski definition) is 3. The number of guanidine groups is 1. The van der Waals surface area contributed by atoms with Crippen LogP contribution < -0.4 is 10.1 Å². The monoisotopic (exact) mass is 371 g/mol. The number of hydrogen-bond donors (Lipinski definition) is 1. The van der Waals surface area contributed by atoms with Gasteiger partial charge in [0.05, 0.1) is 12.8 Å². The zero-order valence-electron chi connectivity index (χ0n) is 17.5. The van der Waals surface area contributed by atoms with Crippen molar-refractivity contribution < 1.29 is 4.74 Å². The Morgan fingerprint density at radius 1 is 1.37 bits per heavy atom. The lowest BCUT2D eigenvalue weighted by atomic mass is 10.1. The summed E-state index contributed by atoms with van der Waals surface area (Å²) in [6, 6.07) is 8.24. The van der Waals surface area contributed by atoms with Gasteiger partial charge in [-0.25, -0.2) is 0 Å². The van der Waals surface area contributed by atoms with E-state index < -0.39 is 0 Å². The van der Waals surface area contributed by atoms with E-state index in [1.165, 1.54) is 11.1 Å². The van der Waals surface area contributed by atoms with Crippen LogP contribution in [-0.2, 0) is 20.0 Å². The van der Waals surface area contributed by atoms with Crippen molar-refractivity contribution in [3.8, 4) is 5.75 Å². The number of nitrogens with one attached hydrogen (secondary N) is 1. The lowest BCUT2D eigenvalue weighted by molar-refractivity contribution is 0.414. The molecule has 0 aliphatic heterocycles. The molecular weight excluding hydrogens is 338 g/mol. The lowest BCUT2D eigenvalue weighted by Crippen LogP contribution is -2.39. The molecule has 2 aromatic rings. The van der Waals surface area contributed by atoms with E-state index in [1.54, 1.807) is 7.11 Å². The van der Waals surface area contributed by atoms with E-state index in [1.807, 2.05) is 30.9 Å². The summed E-state index contributed by atoms with van der Waals surface area (Å²) >= 11 is 0. The van der Waals surface area contributed by atoms with Crippen molar-refractivity contribution in [1.82, 2.24) is 20.0 Å². The summed E-state index contributed by atoms with van der Waals surface area (Å²) in [6.45, 7) is 6.02. The van der Waals surface area contributed by atoms with E-state index in [9.17, 15) is 0 Å². The van der Waals surface area contributed by atoms with Crippen molar-refractivity contribution in [2.45, 2.75) is 39.2 Å². The maximum atomic E-state index is 5.28. The predicted molar refractivity (Wildman–Crippen MR) is 111 cm³/mol. The van der Waals surface area contributed by atoms with Gasteiger partial charge in [0.25, 0.3) is 0 Å². The van der Waals surface area contributed by atoms with Gasteiger partial charge in [0.15, 0.2) is 5.96 Å².